The van der Waals surface area contributed by atoms with Gasteiger partial charge in [-0.25, -0.2) is 17.5 Å². The van der Waals surface area contributed by atoms with Crippen LogP contribution in [0.5, 0.6) is 0 Å². The zero-order valence-electron chi connectivity index (χ0n) is 25.7. The van der Waals surface area contributed by atoms with Gasteiger partial charge in [-0.3, -0.25) is 4.79 Å². The molecule has 0 aromatic heterocycles. The molecule has 1 amide bonds. The van der Waals surface area contributed by atoms with E-state index < -0.39 is 46.4 Å². The molecule has 0 aliphatic heterocycles. The Bertz CT molecular complexity index is 1790. The molecule has 0 aliphatic carbocycles. The van der Waals surface area contributed by atoms with Crippen LogP contribution in [0.25, 0.3) is 0 Å². The lowest BCUT2D eigenvalue weighted by Crippen LogP contribution is -2.38. The van der Waals surface area contributed by atoms with E-state index in [-0.39, 0.29) is 35.6 Å². The van der Waals surface area contributed by atoms with Crippen LogP contribution in [0.1, 0.15) is 34.6 Å². The van der Waals surface area contributed by atoms with Crippen LogP contribution >= 0.6 is 0 Å². The lowest BCUT2D eigenvalue weighted by Gasteiger charge is -2.28. The van der Waals surface area contributed by atoms with Gasteiger partial charge in [0.1, 0.15) is 11.9 Å². The van der Waals surface area contributed by atoms with Crippen LogP contribution in [0.4, 0.5) is 10.1 Å². The van der Waals surface area contributed by atoms with Gasteiger partial charge in [-0.05, 0) is 53.8 Å². The number of carbonyl (C=O) groups is 1. The summed E-state index contributed by atoms with van der Waals surface area (Å²) in [5.74, 6) is -1.51. The Morgan fingerprint density at radius 2 is 1.30 bits per heavy atom. The molecule has 0 saturated carbocycles. The molecule has 3 N–H and O–H groups in total. The van der Waals surface area contributed by atoms with Crippen molar-refractivity contribution >= 4 is 21.6 Å². The van der Waals surface area contributed by atoms with Crippen LogP contribution in [-0.2, 0) is 32.6 Å². The number of sulfonamides is 1. The highest BCUT2D eigenvalue weighted by Gasteiger charge is 2.33. The summed E-state index contributed by atoms with van der Waals surface area (Å²) < 4.78 is 50.0. The molecule has 0 fully saturated rings. The Morgan fingerprint density at radius 3 is 1.87 bits per heavy atom. The Kier molecular flexibility index (Phi) is 11.6. The molecule has 0 aliphatic rings. The van der Waals surface area contributed by atoms with Crippen molar-refractivity contribution in [2.75, 3.05) is 11.9 Å². The van der Waals surface area contributed by atoms with Gasteiger partial charge in [0.15, 0.2) is 0 Å². The normalized spacial score (nSPS) is 12.8. The highest BCUT2D eigenvalue weighted by molar-refractivity contribution is 7.89. The second-order valence-corrected chi connectivity index (χ2v) is 12.8. The quantitative estimate of drug-likeness (QED) is 0.121. The molecule has 242 valence electrons. The molecule has 0 spiro atoms. The van der Waals surface area contributed by atoms with Gasteiger partial charge in [-0.1, -0.05) is 115 Å². The van der Waals surface area contributed by atoms with E-state index in [0.717, 1.165) is 16.7 Å². The number of aliphatic hydroxyl groups excluding tert-OH is 1. The number of hydrogen-bond donors (Lipinski definition) is 3. The number of rotatable bonds is 15. The lowest BCUT2D eigenvalue weighted by molar-refractivity contribution is -0.129. The van der Waals surface area contributed by atoms with Crippen molar-refractivity contribution in [1.29, 1.82) is 0 Å². The van der Waals surface area contributed by atoms with Crippen LogP contribution in [0, 0.1) is 5.82 Å². The van der Waals surface area contributed by atoms with Gasteiger partial charge in [0, 0.05) is 23.2 Å². The van der Waals surface area contributed by atoms with Crippen LogP contribution in [0.3, 0.4) is 0 Å². The molecule has 9 heteroatoms. The van der Waals surface area contributed by atoms with Gasteiger partial charge in [0.2, 0.25) is 10.0 Å². The molecule has 7 nitrogen and oxygen atoms in total. The number of carbonyl (C=O) groups excluding carboxylic acids is 1. The summed E-state index contributed by atoms with van der Waals surface area (Å²) in [7, 11) is -3.91. The number of nitrogens with one attached hydrogen (secondary N) is 2. The fourth-order valence-corrected chi connectivity index (χ4v) is 6.76. The molecule has 5 aromatic carbocycles. The minimum absolute atomic E-state index is 0.0428. The fourth-order valence-electron chi connectivity index (χ4n) is 5.47. The van der Waals surface area contributed by atoms with E-state index >= 15 is 4.39 Å². The SMILES string of the molecule is O=C(Nc1cccc(F)c1CCC(CO)NS(=O)(=O)c1ccccc1)C(OCc1ccccc1)C(c1ccccc1)c1ccccc1. The van der Waals surface area contributed by atoms with Crippen LogP contribution in [0.2, 0.25) is 0 Å². The molecular formula is C38H37FN2O5S. The van der Waals surface area contributed by atoms with Crippen molar-refractivity contribution in [3.63, 3.8) is 0 Å². The van der Waals surface area contributed by atoms with Crippen molar-refractivity contribution < 1.29 is 27.4 Å². The number of amides is 1. The number of ether oxygens (including phenoxy) is 1. The first-order valence-electron chi connectivity index (χ1n) is 15.4. The Morgan fingerprint density at radius 1 is 0.745 bits per heavy atom. The third-order valence-corrected chi connectivity index (χ3v) is 9.40. The second kappa shape index (κ2) is 16.2. The molecule has 0 heterocycles. The van der Waals surface area contributed by atoms with E-state index in [1.807, 2.05) is 91.0 Å². The lowest BCUT2D eigenvalue weighted by atomic mass is 9.86. The molecular weight excluding hydrogens is 615 g/mol. The molecule has 0 radical (unpaired) electrons. The van der Waals surface area contributed by atoms with Gasteiger partial charge in [0.25, 0.3) is 5.91 Å². The number of benzene rings is 5. The number of hydrogen-bond acceptors (Lipinski definition) is 5. The van der Waals surface area contributed by atoms with Crippen molar-refractivity contribution in [1.82, 2.24) is 4.72 Å². The second-order valence-electron chi connectivity index (χ2n) is 11.1. The van der Waals surface area contributed by atoms with Crippen LogP contribution < -0.4 is 10.0 Å². The van der Waals surface area contributed by atoms with E-state index in [4.69, 9.17) is 4.74 Å². The zero-order chi connectivity index (χ0) is 33.1. The molecule has 5 rings (SSSR count). The summed E-state index contributed by atoms with van der Waals surface area (Å²) in [6.45, 7) is -0.321. The van der Waals surface area contributed by atoms with Crippen molar-refractivity contribution in [2.45, 2.75) is 42.4 Å². The average molecular weight is 653 g/mol. The fraction of sp³-hybridized carbons (Fsp3) is 0.184. The smallest absolute Gasteiger partial charge is 0.254 e. The van der Waals surface area contributed by atoms with Gasteiger partial charge < -0.3 is 15.2 Å². The van der Waals surface area contributed by atoms with Crippen molar-refractivity contribution in [3.05, 3.63) is 168 Å². The standard InChI is InChI=1S/C38H37FN2O5S/c39-34-22-13-23-35(33(34)25-24-31(26-42)41-47(44,45)32-20-11-4-12-21-32)40-38(43)37(46-27-28-14-5-1-6-15-28)36(29-16-7-2-8-17-29)30-18-9-3-10-19-30/h1-23,31,36-37,41-42H,24-27H2,(H,40,43). The Balaban J connectivity index is 1.41. The average Bonchev–Trinajstić information content (AvgIpc) is 3.10. The predicted molar refractivity (Wildman–Crippen MR) is 181 cm³/mol. The summed E-state index contributed by atoms with van der Waals surface area (Å²) in [5, 5.41) is 12.9. The van der Waals surface area contributed by atoms with Gasteiger partial charge in [-0.15, -0.1) is 0 Å². The number of anilines is 1. The molecule has 2 unspecified atom stereocenters. The first kappa shape index (κ1) is 33.7. The van der Waals surface area contributed by atoms with E-state index in [2.05, 4.69) is 10.0 Å². The summed E-state index contributed by atoms with van der Waals surface area (Å²) in [5.41, 5.74) is 3.08. The molecule has 0 saturated heterocycles. The van der Waals surface area contributed by atoms with Gasteiger partial charge in [0.05, 0.1) is 18.1 Å². The zero-order valence-corrected chi connectivity index (χ0v) is 26.5. The van der Waals surface area contributed by atoms with Gasteiger partial charge in [-0.2, -0.15) is 0 Å². The summed E-state index contributed by atoms with van der Waals surface area (Å²) in [4.78, 5) is 14.3. The van der Waals surface area contributed by atoms with Crippen molar-refractivity contribution in [2.24, 2.45) is 0 Å². The summed E-state index contributed by atoms with van der Waals surface area (Å²) >= 11 is 0. The van der Waals surface area contributed by atoms with Crippen LogP contribution in [0.15, 0.2) is 144 Å². The number of halogens is 1. The maximum absolute atomic E-state index is 15.3. The molecule has 47 heavy (non-hydrogen) atoms. The maximum atomic E-state index is 15.3. The molecule has 2 atom stereocenters. The van der Waals surface area contributed by atoms with Gasteiger partial charge >= 0.3 is 0 Å². The largest absolute Gasteiger partial charge is 0.395 e. The molecule has 0 bridgehead atoms. The minimum atomic E-state index is -3.91. The monoisotopic (exact) mass is 652 g/mol. The molecule has 5 aromatic rings. The predicted octanol–water partition coefficient (Wildman–Crippen LogP) is 6.45. The van der Waals surface area contributed by atoms with E-state index in [9.17, 15) is 18.3 Å². The minimum Gasteiger partial charge on any atom is -0.395 e. The Labute approximate surface area is 275 Å². The Hall–Kier alpha value is -4.67. The first-order chi connectivity index (χ1) is 22.9. The third-order valence-electron chi connectivity index (χ3n) is 7.87. The summed E-state index contributed by atoms with van der Waals surface area (Å²) in [6, 6.07) is 40.1. The highest BCUT2D eigenvalue weighted by Crippen LogP contribution is 2.32. The highest BCUT2D eigenvalue weighted by atomic mass is 32.2. The van der Waals surface area contributed by atoms with E-state index in [0.29, 0.717) is 0 Å². The summed E-state index contributed by atoms with van der Waals surface area (Å²) in [6.07, 6.45) is -0.878. The van der Waals surface area contributed by atoms with E-state index in [1.54, 1.807) is 24.3 Å². The van der Waals surface area contributed by atoms with E-state index in [1.165, 1.54) is 24.3 Å². The number of aliphatic hydroxyl groups is 1. The topological polar surface area (TPSA) is 105 Å². The van der Waals surface area contributed by atoms with Crippen LogP contribution in [-0.4, -0.2) is 38.2 Å². The first-order valence-corrected chi connectivity index (χ1v) is 16.9. The third kappa shape index (κ3) is 8.99. The maximum Gasteiger partial charge on any atom is 0.254 e. The van der Waals surface area contributed by atoms with Crippen molar-refractivity contribution in [3.8, 4) is 0 Å².